The molecule has 0 amide bonds. The zero-order valence-electron chi connectivity index (χ0n) is 16.4. The quantitative estimate of drug-likeness (QED) is 0.437. The van der Waals surface area contributed by atoms with Crippen LogP contribution < -0.4 is 19.6 Å². The summed E-state index contributed by atoms with van der Waals surface area (Å²) < 4.78 is 17.0. The summed E-state index contributed by atoms with van der Waals surface area (Å²) in [5, 5.41) is 5.02. The molecular weight excluding hydrogens is 374 g/mol. The van der Waals surface area contributed by atoms with Crippen LogP contribution in [-0.4, -0.2) is 25.4 Å². The van der Waals surface area contributed by atoms with Crippen molar-refractivity contribution in [3.05, 3.63) is 64.2 Å². The Hall–Kier alpha value is -3.06. The number of ether oxygens (including phenoxy) is 3. The van der Waals surface area contributed by atoms with Gasteiger partial charge in [-0.3, -0.25) is 5.43 Å². The lowest BCUT2D eigenvalue weighted by Crippen LogP contribution is -2.01. The lowest BCUT2D eigenvalue weighted by molar-refractivity contribution is 0.266. The number of anilines is 1. The van der Waals surface area contributed by atoms with E-state index in [0.717, 1.165) is 22.0 Å². The van der Waals surface area contributed by atoms with Crippen molar-refractivity contribution in [2.45, 2.75) is 20.5 Å². The Morgan fingerprint density at radius 2 is 1.75 bits per heavy atom. The van der Waals surface area contributed by atoms with E-state index in [0.29, 0.717) is 23.9 Å². The highest BCUT2D eigenvalue weighted by atomic mass is 32.1. The first kappa shape index (κ1) is 19.7. The predicted octanol–water partition coefficient (Wildman–Crippen LogP) is 4.80. The van der Waals surface area contributed by atoms with E-state index in [-0.39, 0.29) is 0 Å². The van der Waals surface area contributed by atoms with Crippen LogP contribution in [0.5, 0.6) is 17.2 Å². The fourth-order valence-corrected chi connectivity index (χ4v) is 3.29. The van der Waals surface area contributed by atoms with Crippen molar-refractivity contribution in [3.63, 3.8) is 0 Å². The smallest absolute Gasteiger partial charge is 0.203 e. The minimum absolute atomic E-state index is 0.422. The maximum atomic E-state index is 5.96. The molecule has 0 aliphatic heterocycles. The Morgan fingerprint density at radius 1 is 1.07 bits per heavy atom. The van der Waals surface area contributed by atoms with Gasteiger partial charge in [0.1, 0.15) is 6.61 Å². The Morgan fingerprint density at radius 3 is 2.32 bits per heavy atom. The van der Waals surface area contributed by atoms with Gasteiger partial charge >= 0.3 is 0 Å². The fraction of sp³-hybridized carbons (Fsp3) is 0.238. The number of thiazole rings is 1. The molecule has 0 spiro atoms. The summed E-state index contributed by atoms with van der Waals surface area (Å²) in [6.45, 7) is 4.43. The highest BCUT2D eigenvalue weighted by molar-refractivity contribution is 7.15. The molecule has 6 nitrogen and oxygen atoms in total. The van der Waals surface area contributed by atoms with Crippen LogP contribution in [0, 0.1) is 13.8 Å². The average molecular weight is 398 g/mol. The number of nitrogens with one attached hydrogen (secondary N) is 1. The van der Waals surface area contributed by atoms with Crippen molar-refractivity contribution in [2.24, 2.45) is 5.10 Å². The molecule has 0 aliphatic rings. The minimum atomic E-state index is 0.422. The van der Waals surface area contributed by atoms with Gasteiger partial charge in [0.2, 0.25) is 10.9 Å². The fourth-order valence-electron chi connectivity index (χ4n) is 2.53. The molecule has 0 bridgehead atoms. The monoisotopic (exact) mass is 397 g/mol. The topological polar surface area (TPSA) is 65.0 Å². The Labute approximate surface area is 168 Å². The minimum Gasteiger partial charge on any atom is -0.493 e. The zero-order valence-corrected chi connectivity index (χ0v) is 17.2. The molecule has 1 aromatic heterocycles. The first-order valence-electron chi connectivity index (χ1n) is 8.76. The second kappa shape index (κ2) is 9.23. The first-order chi connectivity index (χ1) is 13.6. The van der Waals surface area contributed by atoms with Gasteiger partial charge in [-0.25, -0.2) is 4.98 Å². The molecule has 0 unspecified atom stereocenters. The molecule has 0 aliphatic carbocycles. The summed E-state index contributed by atoms with van der Waals surface area (Å²) in [5.74, 6) is 1.72. The third kappa shape index (κ3) is 4.80. The van der Waals surface area contributed by atoms with E-state index in [9.17, 15) is 0 Å². The third-order valence-electron chi connectivity index (χ3n) is 4.11. The predicted molar refractivity (Wildman–Crippen MR) is 113 cm³/mol. The van der Waals surface area contributed by atoms with Crippen LogP contribution >= 0.6 is 11.3 Å². The van der Waals surface area contributed by atoms with E-state index in [1.807, 2.05) is 56.3 Å². The number of benzene rings is 2. The third-order valence-corrected chi connectivity index (χ3v) is 5.09. The van der Waals surface area contributed by atoms with Crippen LogP contribution in [0.4, 0.5) is 5.13 Å². The van der Waals surface area contributed by atoms with Crippen LogP contribution in [0.1, 0.15) is 21.7 Å². The number of hydrazone groups is 1. The number of rotatable bonds is 8. The molecule has 7 heteroatoms. The van der Waals surface area contributed by atoms with Gasteiger partial charge in [0, 0.05) is 10.4 Å². The lowest BCUT2D eigenvalue weighted by Gasteiger charge is -2.15. The Balaban J connectivity index is 1.76. The van der Waals surface area contributed by atoms with Crippen LogP contribution in [-0.2, 0) is 6.61 Å². The molecule has 2 aromatic carbocycles. The molecule has 3 rings (SSSR count). The molecule has 1 heterocycles. The molecule has 0 saturated carbocycles. The maximum absolute atomic E-state index is 5.96. The van der Waals surface area contributed by atoms with Crippen LogP contribution in [0.25, 0.3) is 0 Å². The molecular formula is C21H23N3O3S. The van der Waals surface area contributed by atoms with Gasteiger partial charge in [-0.05, 0) is 31.5 Å². The number of hydrogen-bond donors (Lipinski definition) is 1. The lowest BCUT2D eigenvalue weighted by atomic mass is 10.2. The van der Waals surface area contributed by atoms with Crippen molar-refractivity contribution >= 4 is 22.7 Å². The average Bonchev–Trinajstić information content (AvgIpc) is 3.04. The van der Waals surface area contributed by atoms with Crippen molar-refractivity contribution in [1.82, 2.24) is 4.98 Å². The summed E-state index contributed by atoms with van der Waals surface area (Å²) >= 11 is 1.57. The van der Waals surface area contributed by atoms with E-state index in [1.54, 1.807) is 31.8 Å². The van der Waals surface area contributed by atoms with Gasteiger partial charge in [-0.2, -0.15) is 5.10 Å². The second-order valence-corrected chi connectivity index (χ2v) is 7.26. The summed E-state index contributed by atoms with van der Waals surface area (Å²) in [7, 11) is 3.20. The Bertz CT molecular complexity index is 910. The van der Waals surface area contributed by atoms with E-state index < -0.39 is 0 Å². The summed E-state index contributed by atoms with van der Waals surface area (Å²) in [5.41, 5.74) is 5.84. The standard InChI is InChI=1S/C21H23N3O3S/c1-14-15(2)28-21(23-14)24-22-12-17-10-18(25-3)20(19(11-17)26-4)27-13-16-8-6-5-7-9-16/h5-12H,13H2,1-4H3,(H,23,24)/b22-12-. The molecule has 0 fully saturated rings. The van der Waals surface area contributed by atoms with Crippen molar-refractivity contribution in [2.75, 3.05) is 19.6 Å². The van der Waals surface area contributed by atoms with Gasteiger partial charge in [0.15, 0.2) is 11.5 Å². The van der Waals surface area contributed by atoms with Crippen molar-refractivity contribution in [3.8, 4) is 17.2 Å². The molecule has 146 valence electrons. The molecule has 0 saturated heterocycles. The van der Waals surface area contributed by atoms with Crippen LogP contribution in [0.15, 0.2) is 47.6 Å². The van der Waals surface area contributed by atoms with Crippen molar-refractivity contribution < 1.29 is 14.2 Å². The summed E-state index contributed by atoms with van der Waals surface area (Å²) in [4.78, 5) is 5.57. The molecule has 0 atom stereocenters. The highest BCUT2D eigenvalue weighted by Gasteiger charge is 2.14. The van der Waals surface area contributed by atoms with Crippen molar-refractivity contribution in [1.29, 1.82) is 0 Å². The molecule has 28 heavy (non-hydrogen) atoms. The molecule has 1 N–H and O–H groups in total. The molecule has 0 radical (unpaired) electrons. The normalized spacial score (nSPS) is 10.9. The van der Waals surface area contributed by atoms with E-state index in [1.165, 1.54) is 4.88 Å². The number of nitrogens with zero attached hydrogens (tertiary/aromatic N) is 2. The van der Waals surface area contributed by atoms with Crippen LogP contribution in [0.3, 0.4) is 0 Å². The van der Waals surface area contributed by atoms with Crippen LogP contribution in [0.2, 0.25) is 0 Å². The Kier molecular flexibility index (Phi) is 6.49. The van der Waals surface area contributed by atoms with Gasteiger partial charge in [-0.1, -0.05) is 30.3 Å². The maximum Gasteiger partial charge on any atom is 0.203 e. The summed E-state index contributed by atoms with van der Waals surface area (Å²) in [6.07, 6.45) is 1.69. The SMILES string of the molecule is COc1cc(/C=N\Nc2nc(C)c(C)s2)cc(OC)c1OCc1ccccc1. The second-order valence-electron chi connectivity index (χ2n) is 6.06. The zero-order chi connectivity index (χ0) is 19.9. The van der Waals surface area contributed by atoms with E-state index in [4.69, 9.17) is 14.2 Å². The summed E-state index contributed by atoms with van der Waals surface area (Å²) in [6, 6.07) is 13.7. The number of hydrogen-bond acceptors (Lipinski definition) is 7. The largest absolute Gasteiger partial charge is 0.493 e. The number of aryl methyl sites for hydroxylation is 2. The first-order valence-corrected chi connectivity index (χ1v) is 9.58. The van der Waals surface area contributed by atoms with Gasteiger partial charge in [0.05, 0.1) is 26.1 Å². The number of aromatic nitrogens is 1. The highest BCUT2D eigenvalue weighted by Crippen LogP contribution is 2.38. The van der Waals surface area contributed by atoms with Gasteiger partial charge in [-0.15, -0.1) is 11.3 Å². The van der Waals surface area contributed by atoms with E-state index >= 15 is 0 Å². The van der Waals surface area contributed by atoms with Gasteiger partial charge in [0.25, 0.3) is 0 Å². The van der Waals surface area contributed by atoms with E-state index in [2.05, 4.69) is 15.5 Å². The van der Waals surface area contributed by atoms with Gasteiger partial charge < -0.3 is 14.2 Å². The molecule has 3 aromatic rings. The number of methoxy groups -OCH3 is 2.